The number of hydrogen-bond acceptors (Lipinski definition) is 3. The van der Waals surface area contributed by atoms with Gasteiger partial charge in [-0.25, -0.2) is 0 Å². The molecule has 19 heavy (non-hydrogen) atoms. The van der Waals surface area contributed by atoms with Crippen LogP contribution in [0.15, 0.2) is 18.2 Å². The maximum absolute atomic E-state index is 12.2. The van der Waals surface area contributed by atoms with Crippen LogP contribution in [0.25, 0.3) is 0 Å². The first kappa shape index (κ1) is 15.5. The van der Waals surface area contributed by atoms with Crippen molar-refractivity contribution in [2.24, 2.45) is 0 Å². The van der Waals surface area contributed by atoms with Gasteiger partial charge in [0, 0.05) is 18.7 Å². The van der Waals surface area contributed by atoms with E-state index in [0.29, 0.717) is 24.4 Å². The first-order chi connectivity index (χ1) is 9.04. The topological polar surface area (TPSA) is 49.8 Å². The maximum atomic E-state index is 12.2. The van der Waals surface area contributed by atoms with Crippen LogP contribution >= 0.6 is 0 Å². The molecule has 1 rings (SSSR count). The highest BCUT2D eigenvalue weighted by Gasteiger charge is 2.21. The molecule has 0 fully saturated rings. The van der Waals surface area contributed by atoms with Crippen molar-refractivity contribution in [1.29, 1.82) is 0 Å². The molecule has 0 saturated carbocycles. The lowest BCUT2D eigenvalue weighted by atomic mass is 10.1. The number of carbonyl (C=O) groups excluding carboxylic acids is 1. The monoisotopic (exact) mass is 265 g/mol. The standard InChI is InChI=1S/C15H23NO3/c1-5-16(6-2)15(18)12(4)19-14-11(3)8-7-9-13(14)10-17/h7-9,12,17H,5-6,10H2,1-4H3. The minimum Gasteiger partial charge on any atom is -0.480 e. The van der Waals surface area contributed by atoms with Gasteiger partial charge in [-0.15, -0.1) is 0 Å². The fourth-order valence-electron chi connectivity index (χ4n) is 2.03. The Kier molecular flexibility index (Phi) is 5.83. The van der Waals surface area contributed by atoms with Gasteiger partial charge in [-0.3, -0.25) is 4.79 Å². The van der Waals surface area contributed by atoms with Crippen molar-refractivity contribution < 1.29 is 14.6 Å². The second-order valence-electron chi connectivity index (χ2n) is 4.49. The summed E-state index contributed by atoms with van der Waals surface area (Å²) in [6.45, 7) is 8.79. The summed E-state index contributed by atoms with van der Waals surface area (Å²) in [6.07, 6.45) is -0.550. The Labute approximate surface area is 115 Å². The average Bonchev–Trinajstić information content (AvgIpc) is 2.42. The molecular formula is C15H23NO3. The number of carbonyl (C=O) groups is 1. The summed E-state index contributed by atoms with van der Waals surface area (Å²) in [5.74, 6) is 0.579. The normalized spacial score (nSPS) is 12.1. The molecule has 1 aromatic carbocycles. The van der Waals surface area contributed by atoms with Crippen LogP contribution in [-0.2, 0) is 11.4 Å². The van der Waals surface area contributed by atoms with E-state index in [9.17, 15) is 9.90 Å². The van der Waals surface area contributed by atoms with Crippen molar-refractivity contribution in [2.75, 3.05) is 13.1 Å². The molecule has 0 bridgehead atoms. The SMILES string of the molecule is CCN(CC)C(=O)C(C)Oc1c(C)cccc1CO. The molecule has 0 aliphatic rings. The zero-order valence-electron chi connectivity index (χ0n) is 12.1. The van der Waals surface area contributed by atoms with E-state index in [2.05, 4.69) is 0 Å². The molecule has 1 aromatic rings. The Morgan fingerprint density at radius 3 is 2.53 bits per heavy atom. The molecule has 1 atom stereocenters. The highest BCUT2D eigenvalue weighted by Crippen LogP contribution is 2.24. The van der Waals surface area contributed by atoms with Gasteiger partial charge in [0.25, 0.3) is 5.91 Å². The molecule has 0 aromatic heterocycles. The van der Waals surface area contributed by atoms with Crippen LogP contribution in [-0.4, -0.2) is 35.1 Å². The molecule has 0 radical (unpaired) electrons. The van der Waals surface area contributed by atoms with Gasteiger partial charge in [0.1, 0.15) is 5.75 Å². The van der Waals surface area contributed by atoms with Gasteiger partial charge in [0.05, 0.1) is 6.61 Å². The van der Waals surface area contributed by atoms with E-state index >= 15 is 0 Å². The quantitative estimate of drug-likeness (QED) is 0.857. The van der Waals surface area contributed by atoms with Crippen LogP contribution in [0, 0.1) is 6.92 Å². The Morgan fingerprint density at radius 2 is 2.00 bits per heavy atom. The third kappa shape index (κ3) is 3.70. The lowest BCUT2D eigenvalue weighted by Crippen LogP contribution is -2.40. The summed E-state index contributed by atoms with van der Waals surface area (Å²) in [5, 5.41) is 9.32. The van der Waals surface area contributed by atoms with E-state index in [4.69, 9.17) is 4.74 Å². The lowest BCUT2D eigenvalue weighted by molar-refractivity contribution is -0.137. The molecule has 106 valence electrons. The number of ether oxygens (including phenoxy) is 1. The number of aliphatic hydroxyl groups is 1. The van der Waals surface area contributed by atoms with E-state index in [1.807, 2.05) is 32.9 Å². The van der Waals surface area contributed by atoms with E-state index in [0.717, 1.165) is 5.56 Å². The number of aliphatic hydroxyl groups excluding tert-OH is 1. The number of likely N-dealkylation sites (N-methyl/N-ethyl adjacent to an activating group) is 1. The Balaban J connectivity index is 2.87. The summed E-state index contributed by atoms with van der Waals surface area (Å²) < 4.78 is 5.76. The Hall–Kier alpha value is -1.55. The molecule has 0 aliphatic heterocycles. The minimum atomic E-state index is -0.550. The molecule has 1 unspecified atom stereocenters. The fraction of sp³-hybridized carbons (Fsp3) is 0.533. The number of aryl methyl sites for hydroxylation is 1. The Bertz CT molecular complexity index is 427. The number of benzene rings is 1. The van der Waals surface area contributed by atoms with E-state index in [-0.39, 0.29) is 12.5 Å². The van der Waals surface area contributed by atoms with Gasteiger partial charge < -0.3 is 14.7 Å². The van der Waals surface area contributed by atoms with Crippen LogP contribution in [0.2, 0.25) is 0 Å². The first-order valence-electron chi connectivity index (χ1n) is 6.69. The average molecular weight is 265 g/mol. The molecule has 0 heterocycles. The molecule has 1 amide bonds. The molecule has 4 heteroatoms. The van der Waals surface area contributed by atoms with Crippen LogP contribution in [0.5, 0.6) is 5.75 Å². The second kappa shape index (κ2) is 7.14. The van der Waals surface area contributed by atoms with Crippen molar-refractivity contribution >= 4 is 5.91 Å². The predicted octanol–water partition coefficient (Wildman–Crippen LogP) is 2.12. The van der Waals surface area contributed by atoms with Gasteiger partial charge >= 0.3 is 0 Å². The summed E-state index contributed by atoms with van der Waals surface area (Å²) in [7, 11) is 0. The van der Waals surface area contributed by atoms with Gasteiger partial charge in [0.2, 0.25) is 0 Å². The van der Waals surface area contributed by atoms with Crippen molar-refractivity contribution in [1.82, 2.24) is 4.90 Å². The van der Waals surface area contributed by atoms with Crippen molar-refractivity contribution in [3.63, 3.8) is 0 Å². The lowest BCUT2D eigenvalue weighted by Gasteiger charge is -2.24. The van der Waals surface area contributed by atoms with Crippen molar-refractivity contribution in [3.8, 4) is 5.75 Å². The summed E-state index contributed by atoms with van der Waals surface area (Å²) in [4.78, 5) is 13.9. The van der Waals surface area contributed by atoms with Gasteiger partial charge in [-0.2, -0.15) is 0 Å². The third-order valence-corrected chi connectivity index (χ3v) is 3.18. The summed E-state index contributed by atoms with van der Waals surface area (Å²) in [6, 6.07) is 5.57. The molecular weight excluding hydrogens is 242 g/mol. The number of amides is 1. The van der Waals surface area contributed by atoms with Crippen LogP contribution in [0.1, 0.15) is 31.9 Å². The number of nitrogens with zero attached hydrogens (tertiary/aromatic N) is 1. The van der Waals surface area contributed by atoms with E-state index in [1.165, 1.54) is 0 Å². The van der Waals surface area contributed by atoms with E-state index in [1.54, 1.807) is 17.9 Å². The zero-order chi connectivity index (χ0) is 14.4. The Morgan fingerprint density at radius 1 is 1.37 bits per heavy atom. The molecule has 4 nitrogen and oxygen atoms in total. The van der Waals surface area contributed by atoms with E-state index < -0.39 is 6.10 Å². The fourth-order valence-corrected chi connectivity index (χ4v) is 2.03. The van der Waals surface area contributed by atoms with Gasteiger partial charge in [0.15, 0.2) is 6.10 Å². The highest BCUT2D eigenvalue weighted by molar-refractivity contribution is 5.80. The first-order valence-corrected chi connectivity index (χ1v) is 6.69. The second-order valence-corrected chi connectivity index (χ2v) is 4.49. The molecule has 0 aliphatic carbocycles. The van der Waals surface area contributed by atoms with Crippen molar-refractivity contribution in [2.45, 2.75) is 40.4 Å². The number of hydrogen-bond donors (Lipinski definition) is 1. The number of para-hydroxylation sites is 1. The maximum Gasteiger partial charge on any atom is 0.263 e. The van der Waals surface area contributed by atoms with Crippen LogP contribution < -0.4 is 4.74 Å². The summed E-state index contributed by atoms with van der Waals surface area (Å²) >= 11 is 0. The van der Waals surface area contributed by atoms with Crippen LogP contribution in [0.3, 0.4) is 0 Å². The summed E-state index contributed by atoms with van der Waals surface area (Å²) in [5.41, 5.74) is 1.63. The highest BCUT2D eigenvalue weighted by atomic mass is 16.5. The van der Waals surface area contributed by atoms with Gasteiger partial charge in [-0.05, 0) is 33.3 Å². The third-order valence-electron chi connectivity index (χ3n) is 3.18. The largest absolute Gasteiger partial charge is 0.480 e. The molecule has 0 saturated heterocycles. The predicted molar refractivity (Wildman–Crippen MR) is 75.1 cm³/mol. The number of rotatable bonds is 6. The van der Waals surface area contributed by atoms with Crippen LogP contribution in [0.4, 0.5) is 0 Å². The molecule has 1 N–H and O–H groups in total. The smallest absolute Gasteiger partial charge is 0.263 e. The van der Waals surface area contributed by atoms with Gasteiger partial charge in [-0.1, -0.05) is 18.2 Å². The minimum absolute atomic E-state index is 0.0304. The zero-order valence-corrected chi connectivity index (χ0v) is 12.1. The molecule has 0 spiro atoms. The van der Waals surface area contributed by atoms with Crippen molar-refractivity contribution in [3.05, 3.63) is 29.3 Å².